The summed E-state index contributed by atoms with van der Waals surface area (Å²) in [6.45, 7) is 1.91. The van der Waals surface area contributed by atoms with E-state index in [0.29, 0.717) is 0 Å². The van der Waals surface area contributed by atoms with Crippen molar-refractivity contribution in [2.45, 2.75) is 19.3 Å². The van der Waals surface area contributed by atoms with E-state index in [1.165, 1.54) is 7.11 Å². The highest BCUT2D eigenvalue weighted by atomic mass is 16.5. The molecule has 0 heterocycles. The fourth-order valence-corrected chi connectivity index (χ4v) is 1.37. The summed E-state index contributed by atoms with van der Waals surface area (Å²) in [6.07, 6.45) is 0.191. The molecule has 80 valence electrons. The highest BCUT2D eigenvalue weighted by Gasteiger charge is 2.18. The van der Waals surface area contributed by atoms with E-state index in [2.05, 4.69) is 4.74 Å². The van der Waals surface area contributed by atoms with Crippen molar-refractivity contribution < 1.29 is 14.3 Å². The number of esters is 1. The van der Waals surface area contributed by atoms with Crippen molar-refractivity contribution in [3.05, 3.63) is 35.9 Å². The second-order valence-electron chi connectivity index (χ2n) is 3.43. The van der Waals surface area contributed by atoms with E-state index in [0.717, 1.165) is 5.56 Å². The van der Waals surface area contributed by atoms with Crippen molar-refractivity contribution in [2.24, 2.45) is 0 Å². The molecule has 0 aliphatic heterocycles. The van der Waals surface area contributed by atoms with Crippen LogP contribution in [0, 0.1) is 0 Å². The quantitative estimate of drug-likeness (QED) is 0.558. The summed E-state index contributed by atoms with van der Waals surface area (Å²) in [6, 6.07) is 9.62. The third-order valence-electron chi connectivity index (χ3n) is 2.27. The standard InChI is InChI=1S/C12H14O3/c1-9(8-11(13)12(14)15-2)10-6-4-3-5-7-10/h3-7,9H,8H2,1-2H3. The number of methoxy groups -OCH3 is 1. The first-order chi connectivity index (χ1) is 7.15. The molecule has 0 amide bonds. The van der Waals surface area contributed by atoms with E-state index < -0.39 is 11.8 Å². The highest BCUT2D eigenvalue weighted by Crippen LogP contribution is 2.18. The lowest BCUT2D eigenvalue weighted by atomic mass is 9.96. The van der Waals surface area contributed by atoms with Crippen LogP contribution >= 0.6 is 0 Å². The van der Waals surface area contributed by atoms with Gasteiger partial charge < -0.3 is 4.74 Å². The summed E-state index contributed by atoms with van der Waals surface area (Å²) < 4.78 is 4.36. The molecule has 1 aromatic rings. The molecule has 0 saturated heterocycles. The van der Waals surface area contributed by atoms with E-state index in [-0.39, 0.29) is 12.3 Å². The number of hydrogen-bond acceptors (Lipinski definition) is 3. The highest BCUT2D eigenvalue weighted by molar-refractivity contribution is 6.33. The maximum atomic E-state index is 11.3. The van der Waals surface area contributed by atoms with Gasteiger partial charge in [-0.15, -0.1) is 0 Å². The zero-order chi connectivity index (χ0) is 11.3. The van der Waals surface area contributed by atoms with Gasteiger partial charge >= 0.3 is 5.97 Å². The van der Waals surface area contributed by atoms with Gasteiger partial charge in [0.25, 0.3) is 0 Å². The summed E-state index contributed by atoms with van der Waals surface area (Å²) in [7, 11) is 1.22. The Morgan fingerprint density at radius 2 is 1.87 bits per heavy atom. The van der Waals surface area contributed by atoms with Crippen LogP contribution in [-0.2, 0) is 14.3 Å². The molecule has 1 unspecified atom stereocenters. The van der Waals surface area contributed by atoms with Crippen LogP contribution in [0.5, 0.6) is 0 Å². The first-order valence-electron chi connectivity index (χ1n) is 4.81. The van der Waals surface area contributed by atoms with Gasteiger partial charge in [0.15, 0.2) is 0 Å². The van der Waals surface area contributed by atoms with Gasteiger partial charge in [-0.25, -0.2) is 4.79 Å². The van der Waals surface area contributed by atoms with Gasteiger partial charge in [-0.05, 0) is 11.5 Å². The van der Waals surface area contributed by atoms with Crippen molar-refractivity contribution in [3.8, 4) is 0 Å². The molecule has 0 saturated carbocycles. The van der Waals surface area contributed by atoms with E-state index in [9.17, 15) is 9.59 Å². The maximum absolute atomic E-state index is 11.3. The van der Waals surface area contributed by atoms with Gasteiger partial charge in [0.05, 0.1) is 7.11 Å². The molecule has 0 N–H and O–H groups in total. The zero-order valence-electron chi connectivity index (χ0n) is 8.90. The minimum atomic E-state index is -0.766. The molecule has 0 spiro atoms. The Labute approximate surface area is 89.1 Å². The van der Waals surface area contributed by atoms with Crippen molar-refractivity contribution in [1.82, 2.24) is 0 Å². The summed E-state index contributed by atoms with van der Waals surface area (Å²) in [5, 5.41) is 0. The number of Topliss-reactive ketones (excluding diaryl/α,β-unsaturated/α-hetero) is 1. The summed E-state index contributed by atoms with van der Waals surface area (Å²) >= 11 is 0. The average molecular weight is 206 g/mol. The van der Waals surface area contributed by atoms with Gasteiger partial charge in [0.1, 0.15) is 0 Å². The van der Waals surface area contributed by atoms with Gasteiger partial charge in [0, 0.05) is 6.42 Å². The van der Waals surface area contributed by atoms with E-state index in [4.69, 9.17) is 0 Å². The summed E-state index contributed by atoms with van der Waals surface area (Å²) in [5.41, 5.74) is 1.05. The van der Waals surface area contributed by atoms with Crippen molar-refractivity contribution in [2.75, 3.05) is 7.11 Å². The zero-order valence-corrected chi connectivity index (χ0v) is 8.90. The third kappa shape index (κ3) is 3.20. The van der Waals surface area contributed by atoms with Crippen LogP contribution in [0.1, 0.15) is 24.8 Å². The Kier molecular flexibility index (Phi) is 4.03. The first-order valence-corrected chi connectivity index (χ1v) is 4.81. The van der Waals surface area contributed by atoms with E-state index in [1.54, 1.807) is 0 Å². The SMILES string of the molecule is COC(=O)C(=O)CC(C)c1ccccc1. The Hall–Kier alpha value is -1.64. The molecule has 0 aromatic heterocycles. The molecule has 1 atom stereocenters. The predicted molar refractivity (Wildman–Crippen MR) is 56.5 cm³/mol. The number of carbonyl (C=O) groups is 2. The number of carbonyl (C=O) groups excluding carboxylic acids is 2. The minimum Gasteiger partial charge on any atom is -0.463 e. The molecular formula is C12H14O3. The predicted octanol–water partition coefficient (Wildman–Crippen LogP) is 1.92. The molecule has 1 rings (SSSR count). The Morgan fingerprint density at radius 1 is 1.27 bits per heavy atom. The topological polar surface area (TPSA) is 43.4 Å². The largest absolute Gasteiger partial charge is 0.463 e. The van der Waals surface area contributed by atoms with E-state index >= 15 is 0 Å². The smallest absolute Gasteiger partial charge is 0.374 e. The lowest BCUT2D eigenvalue weighted by Gasteiger charge is -2.09. The maximum Gasteiger partial charge on any atom is 0.374 e. The van der Waals surface area contributed by atoms with Crippen LogP contribution in [0.2, 0.25) is 0 Å². The number of rotatable bonds is 4. The van der Waals surface area contributed by atoms with Crippen LogP contribution in [0.4, 0.5) is 0 Å². The third-order valence-corrected chi connectivity index (χ3v) is 2.27. The fraction of sp³-hybridized carbons (Fsp3) is 0.333. The number of ether oxygens (including phenoxy) is 1. The first kappa shape index (κ1) is 11.4. The second kappa shape index (κ2) is 5.29. The van der Waals surface area contributed by atoms with Crippen LogP contribution < -0.4 is 0 Å². The number of hydrogen-bond donors (Lipinski definition) is 0. The van der Waals surface area contributed by atoms with Crippen LogP contribution in [0.15, 0.2) is 30.3 Å². The molecule has 3 heteroatoms. The van der Waals surface area contributed by atoms with Gasteiger partial charge in [-0.1, -0.05) is 37.3 Å². The van der Waals surface area contributed by atoms with Crippen molar-refractivity contribution >= 4 is 11.8 Å². The lowest BCUT2D eigenvalue weighted by molar-refractivity contribution is -0.151. The van der Waals surface area contributed by atoms with Gasteiger partial charge in [-0.2, -0.15) is 0 Å². The van der Waals surface area contributed by atoms with Crippen LogP contribution in [0.3, 0.4) is 0 Å². The molecule has 0 fully saturated rings. The Balaban J connectivity index is 2.60. The monoisotopic (exact) mass is 206 g/mol. The van der Waals surface area contributed by atoms with E-state index in [1.807, 2.05) is 37.3 Å². The van der Waals surface area contributed by atoms with Crippen molar-refractivity contribution in [1.29, 1.82) is 0 Å². The Morgan fingerprint density at radius 3 is 2.40 bits per heavy atom. The minimum absolute atomic E-state index is 0.0396. The molecule has 0 aliphatic rings. The number of benzene rings is 1. The molecule has 1 aromatic carbocycles. The lowest BCUT2D eigenvalue weighted by Crippen LogP contribution is -2.17. The van der Waals surface area contributed by atoms with Crippen molar-refractivity contribution in [3.63, 3.8) is 0 Å². The second-order valence-corrected chi connectivity index (χ2v) is 3.43. The molecule has 15 heavy (non-hydrogen) atoms. The molecule has 0 bridgehead atoms. The Bertz CT molecular complexity index is 343. The summed E-state index contributed by atoms with van der Waals surface area (Å²) in [5.74, 6) is -1.20. The summed E-state index contributed by atoms with van der Waals surface area (Å²) in [4.78, 5) is 22.2. The van der Waals surface area contributed by atoms with Crippen LogP contribution in [-0.4, -0.2) is 18.9 Å². The molecule has 0 radical (unpaired) electrons. The molecule has 3 nitrogen and oxygen atoms in total. The normalized spacial score (nSPS) is 11.9. The van der Waals surface area contributed by atoms with Crippen LogP contribution in [0.25, 0.3) is 0 Å². The molecular weight excluding hydrogens is 192 g/mol. The van der Waals surface area contributed by atoms with Gasteiger partial charge in [0.2, 0.25) is 5.78 Å². The molecule has 0 aliphatic carbocycles. The average Bonchev–Trinajstić information content (AvgIpc) is 2.29. The number of ketones is 1. The fourth-order valence-electron chi connectivity index (χ4n) is 1.37. The van der Waals surface area contributed by atoms with Gasteiger partial charge in [-0.3, -0.25) is 4.79 Å².